The van der Waals surface area contributed by atoms with Gasteiger partial charge in [0, 0.05) is 0 Å². The number of rotatable bonds is 2. The van der Waals surface area contributed by atoms with Crippen LogP contribution in [0.4, 0.5) is 0 Å². The summed E-state index contributed by atoms with van der Waals surface area (Å²) in [5, 5.41) is 9.23. The molecule has 5 nitrogen and oxygen atoms in total. The monoisotopic (exact) mass is 297 g/mol. The minimum absolute atomic E-state index is 0.151. The van der Waals surface area contributed by atoms with Gasteiger partial charge >= 0.3 is 5.97 Å². The Morgan fingerprint density at radius 2 is 2.12 bits per heavy atom. The Bertz CT molecular complexity index is 462. The Labute approximate surface area is 111 Å². The van der Waals surface area contributed by atoms with Crippen LogP contribution in [0.15, 0.2) is 0 Å². The lowest BCUT2D eigenvalue weighted by Crippen LogP contribution is -2.27. The van der Waals surface area contributed by atoms with Gasteiger partial charge in [0.2, 0.25) is 0 Å². The maximum Gasteiger partial charge on any atom is 0.336 e. The number of halogens is 2. The topological polar surface area (TPSA) is 68.7 Å². The average Bonchev–Trinajstić information content (AvgIpc) is 2.66. The van der Waals surface area contributed by atoms with Crippen LogP contribution in [0, 0.1) is 0 Å². The van der Waals surface area contributed by atoms with E-state index in [1.807, 2.05) is 0 Å². The van der Waals surface area contributed by atoms with Crippen molar-refractivity contribution in [1.29, 1.82) is 0 Å². The van der Waals surface area contributed by atoms with Gasteiger partial charge in [-0.1, -0.05) is 23.2 Å². The molecule has 1 fully saturated rings. The molecule has 1 saturated heterocycles. The molecule has 1 aromatic rings. The number of carbonyl (C=O) groups is 1. The lowest BCUT2D eigenvalue weighted by Gasteiger charge is -2.16. The third-order valence-electron chi connectivity index (χ3n) is 2.18. The number of carboxylic acid groups (broad SMARTS) is 1. The highest BCUT2D eigenvalue weighted by Crippen LogP contribution is 2.43. The molecule has 0 amide bonds. The minimum atomic E-state index is -1.11. The van der Waals surface area contributed by atoms with Gasteiger partial charge in [-0.2, -0.15) is 0 Å². The van der Waals surface area contributed by atoms with Gasteiger partial charge in [-0.25, -0.2) is 9.78 Å². The summed E-state index contributed by atoms with van der Waals surface area (Å²) >= 11 is 12.7. The summed E-state index contributed by atoms with van der Waals surface area (Å²) in [7, 11) is 0. The van der Waals surface area contributed by atoms with Gasteiger partial charge in [0.15, 0.2) is 16.4 Å². The standard InChI is InChI=1S/C9H9Cl2NO4S/c1-9(2)15-3(4(16-9)7(13)14)5-6(10)12-8(11)17-5/h3-4H,1-2H3,(H,13,14). The molecule has 2 atom stereocenters. The maximum absolute atomic E-state index is 11.1. The molecule has 8 heteroatoms. The Balaban J connectivity index is 2.36. The molecule has 0 radical (unpaired) electrons. The van der Waals surface area contributed by atoms with Crippen LogP contribution in [-0.2, 0) is 14.3 Å². The van der Waals surface area contributed by atoms with E-state index in [1.165, 1.54) is 0 Å². The van der Waals surface area contributed by atoms with Crippen molar-refractivity contribution in [1.82, 2.24) is 4.98 Å². The fraction of sp³-hybridized carbons (Fsp3) is 0.556. The zero-order valence-corrected chi connectivity index (χ0v) is 11.3. The fourth-order valence-electron chi connectivity index (χ4n) is 1.60. The maximum atomic E-state index is 11.1. The van der Waals surface area contributed by atoms with Crippen LogP contribution in [0.25, 0.3) is 0 Å². The summed E-state index contributed by atoms with van der Waals surface area (Å²) in [5.74, 6) is -2.09. The summed E-state index contributed by atoms with van der Waals surface area (Å²) in [5.41, 5.74) is 0. The number of carboxylic acids is 1. The molecular weight excluding hydrogens is 289 g/mol. The second-order valence-electron chi connectivity index (χ2n) is 3.94. The van der Waals surface area contributed by atoms with Crippen LogP contribution >= 0.6 is 34.5 Å². The van der Waals surface area contributed by atoms with Crippen LogP contribution in [0.5, 0.6) is 0 Å². The molecule has 0 bridgehead atoms. The molecule has 2 unspecified atom stereocenters. The Kier molecular flexibility index (Phi) is 3.35. The van der Waals surface area contributed by atoms with Crippen molar-refractivity contribution in [3.8, 4) is 0 Å². The third-order valence-corrected chi connectivity index (χ3v) is 3.80. The zero-order chi connectivity index (χ0) is 12.8. The van der Waals surface area contributed by atoms with Gasteiger partial charge < -0.3 is 14.6 Å². The van der Waals surface area contributed by atoms with Crippen molar-refractivity contribution in [2.24, 2.45) is 0 Å². The second kappa shape index (κ2) is 4.37. The van der Waals surface area contributed by atoms with Crippen LogP contribution < -0.4 is 0 Å². The van der Waals surface area contributed by atoms with Gasteiger partial charge in [-0.05, 0) is 13.8 Å². The van der Waals surface area contributed by atoms with Crippen LogP contribution in [0.2, 0.25) is 9.62 Å². The van der Waals surface area contributed by atoms with E-state index in [1.54, 1.807) is 13.8 Å². The molecule has 1 aliphatic rings. The number of thiazole rings is 1. The number of hydrogen-bond donors (Lipinski definition) is 1. The van der Waals surface area contributed by atoms with E-state index in [0.717, 1.165) is 11.3 Å². The summed E-state index contributed by atoms with van der Waals surface area (Å²) in [6.07, 6.45) is -1.90. The molecule has 17 heavy (non-hydrogen) atoms. The molecule has 2 heterocycles. The minimum Gasteiger partial charge on any atom is -0.479 e. The smallest absolute Gasteiger partial charge is 0.336 e. The molecule has 1 aliphatic heterocycles. The number of aromatic nitrogens is 1. The van der Waals surface area contributed by atoms with Crippen molar-refractivity contribution in [2.75, 3.05) is 0 Å². The molecule has 2 rings (SSSR count). The zero-order valence-electron chi connectivity index (χ0n) is 8.94. The summed E-state index contributed by atoms with van der Waals surface area (Å²) in [6.45, 7) is 3.28. The molecule has 0 aromatic carbocycles. The van der Waals surface area contributed by atoms with Gasteiger partial charge in [-0.3, -0.25) is 0 Å². The van der Waals surface area contributed by atoms with E-state index in [0.29, 0.717) is 4.88 Å². The summed E-state index contributed by atoms with van der Waals surface area (Å²) in [4.78, 5) is 15.4. The summed E-state index contributed by atoms with van der Waals surface area (Å²) in [6, 6.07) is 0. The highest BCUT2D eigenvalue weighted by atomic mass is 35.5. The fourth-order valence-corrected chi connectivity index (χ4v) is 3.07. The molecular formula is C9H9Cl2NO4S. The van der Waals surface area contributed by atoms with E-state index in [-0.39, 0.29) is 9.62 Å². The molecule has 0 saturated carbocycles. The van der Waals surface area contributed by atoms with E-state index in [4.69, 9.17) is 37.8 Å². The number of hydrogen-bond acceptors (Lipinski definition) is 5. The van der Waals surface area contributed by atoms with E-state index in [9.17, 15) is 4.79 Å². The summed E-state index contributed by atoms with van der Waals surface area (Å²) < 4.78 is 11.1. The van der Waals surface area contributed by atoms with Crippen molar-refractivity contribution < 1.29 is 19.4 Å². The van der Waals surface area contributed by atoms with E-state index in [2.05, 4.69) is 4.98 Å². The lowest BCUT2D eigenvalue weighted by atomic mass is 10.2. The van der Waals surface area contributed by atoms with E-state index < -0.39 is 24.0 Å². The van der Waals surface area contributed by atoms with Gasteiger partial charge in [0.05, 0.1) is 4.88 Å². The Morgan fingerprint density at radius 3 is 2.59 bits per heavy atom. The SMILES string of the molecule is CC1(C)OC(C(=O)O)C(c2sc(Cl)nc2Cl)O1. The average molecular weight is 298 g/mol. The largest absolute Gasteiger partial charge is 0.479 e. The van der Waals surface area contributed by atoms with Gasteiger partial charge in [0.1, 0.15) is 11.3 Å². The molecule has 0 aliphatic carbocycles. The van der Waals surface area contributed by atoms with Crippen LogP contribution in [-0.4, -0.2) is 28.0 Å². The van der Waals surface area contributed by atoms with Gasteiger partial charge in [0.25, 0.3) is 0 Å². The third kappa shape index (κ3) is 2.56. The normalized spacial score (nSPS) is 27.3. The number of ether oxygens (including phenoxy) is 2. The van der Waals surface area contributed by atoms with Crippen molar-refractivity contribution in [3.63, 3.8) is 0 Å². The first-order valence-corrected chi connectivity index (χ1v) is 6.27. The van der Waals surface area contributed by atoms with Crippen LogP contribution in [0.1, 0.15) is 24.8 Å². The number of nitrogens with zero attached hydrogens (tertiary/aromatic N) is 1. The van der Waals surface area contributed by atoms with E-state index >= 15 is 0 Å². The van der Waals surface area contributed by atoms with Crippen molar-refractivity contribution in [3.05, 3.63) is 14.5 Å². The quantitative estimate of drug-likeness (QED) is 0.909. The Hall–Kier alpha value is -0.400. The lowest BCUT2D eigenvalue weighted by molar-refractivity contribution is -0.165. The predicted octanol–water partition coefficient (Wildman–Crippen LogP) is 2.73. The first-order chi connectivity index (χ1) is 7.80. The highest BCUT2D eigenvalue weighted by Gasteiger charge is 2.47. The first kappa shape index (κ1) is 13.0. The second-order valence-corrected chi connectivity index (χ2v) is 5.91. The number of aliphatic carboxylic acids is 1. The molecule has 1 aromatic heterocycles. The predicted molar refractivity (Wildman–Crippen MR) is 62.5 cm³/mol. The first-order valence-electron chi connectivity index (χ1n) is 4.70. The molecule has 94 valence electrons. The van der Waals surface area contributed by atoms with Crippen LogP contribution in [0.3, 0.4) is 0 Å². The van der Waals surface area contributed by atoms with Crippen molar-refractivity contribution in [2.45, 2.75) is 31.8 Å². The van der Waals surface area contributed by atoms with Gasteiger partial charge in [-0.15, -0.1) is 11.3 Å². The molecule has 1 N–H and O–H groups in total. The Morgan fingerprint density at radius 1 is 1.47 bits per heavy atom. The highest BCUT2D eigenvalue weighted by molar-refractivity contribution is 7.16. The van der Waals surface area contributed by atoms with Crippen molar-refractivity contribution >= 4 is 40.5 Å². The molecule has 0 spiro atoms.